The second-order valence-corrected chi connectivity index (χ2v) is 6.38. The quantitative estimate of drug-likeness (QED) is 0.914. The molecule has 6 heteroatoms. The van der Waals surface area contributed by atoms with Gasteiger partial charge in [0.1, 0.15) is 13.2 Å². The van der Waals surface area contributed by atoms with Crippen molar-refractivity contribution in [2.24, 2.45) is 0 Å². The number of amides is 1. The van der Waals surface area contributed by atoms with E-state index in [1.165, 1.54) is 5.56 Å². The first-order valence-corrected chi connectivity index (χ1v) is 8.46. The molecule has 0 aliphatic carbocycles. The highest BCUT2D eigenvalue weighted by molar-refractivity contribution is 7.07. The average Bonchev–Trinajstić information content (AvgIpc) is 3.08. The van der Waals surface area contributed by atoms with Crippen LogP contribution in [0, 0.1) is 0 Å². The Kier molecular flexibility index (Phi) is 4.83. The Morgan fingerprint density at radius 2 is 2.04 bits per heavy atom. The number of hydrogen-bond donors (Lipinski definition) is 1. The fraction of sp³-hybridized carbons (Fsp3) is 0.353. The van der Waals surface area contributed by atoms with Gasteiger partial charge in [-0.1, -0.05) is 0 Å². The highest BCUT2D eigenvalue weighted by Crippen LogP contribution is 2.30. The molecule has 1 aromatic carbocycles. The second kappa shape index (κ2) is 7.02. The lowest BCUT2D eigenvalue weighted by molar-refractivity contribution is 0.0940. The molecule has 2 heterocycles. The maximum Gasteiger partial charge on any atom is 0.251 e. The van der Waals surface area contributed by atoms with E-state index >= 15 is 0 Å². The van der Waals surface area contributed by atoms with Gasteiger partial charge in [0.05, 0.1) is 6.04 Å². The summed E-state index contributed by atoms with van der Waals surface area (Å²) in [4.78, 5) is 14.5. The summed E-state index contributed by atoms with van der Waals surface area (Å²) in [7, 11) is 4.02. The Morgan fingerprint density at radius 3 is 2.74 bits per heavy atom. The van der Waals surface area contributed by atoms with Gasteiger partial charge in [-0.15, -0.1) is 0 Å². The third-order valence-electron chi connectivity index (χ3n) is 3.81. The molecule has 0 saturated carbocycles. The zero-order valence-corrected chi connectivity index (χ0v) is 14.1. The van der Waals surface area contributed by atoms with Crippen molar-refractivity contribution in [1.82, 2.24) is 10.2 Å². The van der Waals surface area contributed by atoms with E-state index < -0.39 is 0 Å². The van der Waals surface area contributed by atoms with Gasteiger partial charge in [0.25, 0.3) is 5.91 Å². The summed E-state index contributed by atoms with van der Waals surface area (Å²) in [6.07, 6.45) is 0. The molecule has 0 saturated heterocycles. The molecule has 1 atom stereocenters. The molecule has 122 valence electrons. The number of ether oxygens (including phenoxy) is 2. The first-order chi connectivity index (χ1) is 11.1. The SMILES string of the molecule is CN(C)[C@H](CNC(=O)c1ccc2c(c1)OCCO2)c1ccsc1. The van der Waals surface area contributed by atoms with E-state index in [1.54, 1.807) is 29.5 Å². The molecule has 0 spiro atoms. The maximum atomic E-state index is 12.4. The van der Waals surface area contributed by atoms with Gasteiger partial charge in [0, 0.05) is 12.1 Å². The summed E-state index contributed by atoms with van der Waals surface area (Å²) >= 11 is 1.66. The van der Waals surface area contributed by atoms with Crippen molar-refractivity contribution in [3.05, 3.63) is 46.2 Å². The second-order valence-electron chi connectivity index (χ2n) is 5.60. The monoisotopic (exact) mass is 332 g/mol. The maximum absolute atomic E-state index is 12.4. The van der Waals surface area contributed by atoms with Crippen LogP contribution in [0.2, 0.25) is 0 Å². The van der Waals surface area contributed by atoms with Gasteiger partial charge in [-0.2, -0.15) is 11.3 Å². The lowest BCUT2D eigenvalue weighted by Gasteiger charge is -2.24. The fourth-order valence-corrected chi connectivity index (χ4v) is 3.25. The Morgan fingerprint density at radius 1 is 1.26 bits per heavy atom. The lowest BCUT2D eigenvalue weighted by Crippen LogP contribution is -2.34. The van der Waals surface area contributed by atoms with Crippen LogP contribution in [-0.4, -0.2) is 44.7 Å². The molecule has 1 N–H and O–H groups in total. The minimum Gasteiger partial charge on any atom is -0.486 e. The van der Waals surface area contributed by atoms with E-state index in [1.807, 2.05) is 14.1 Å². The number of carbonyl (C=O) groups is 1. The number of rotatable bonds is 5. The Bertz CT molecular complexity index is 670. The lowest BCUT2D eigenvalue weighted by atomic mass is 10.1. The molecule has 3 rings (SSSR count). The molecule has 23 heavy (non-hydrogen) atoms. The predicted octanol–water partition coefficient (Wildman–Crippen LogP) is 2.55. The summed E-state index contributed by atoms with van der Waals surface area (Å²) in [5.41, 5.74) is 1.79. The van der Waals surface area contributed by atoms with Crippen LogP contribution in [0.3, 0.4) is 0 Å². The zero-order chi connectivity index (χ0) is 16.2. The van der Waals surface area contributed by atoms with E-state index in [0.717, 1.165) is 0 Å². The van der Waals surface area contributed by atoms with Crippen LogP contribution in [0.1, 0.15) is 22.0 Å². The summed E-state index contributed by atoms with van der Waals surface area (Å²) in [5, 5.41) is 7.17. The van der Waals surface area contributed by atoms with Gasteiger partial charge in [-0.25, -0.2) is 0 Å². The van der Waals surface area contributed by atoms with Gasteiger partial charge in [-0.3, -0.25) is 4.79 Å². The van der Waals surface area contributed by atoms with Gasteiger partial charge in [0.2, 0.25) is 0 Å². The van der Waals surface area contributed by atoms with Crippen LogP contribution in [0.4, 0.5) is 0 Å². The third-order valence-corrected chi connectivity index (χ3v) is 4.51. The number of nitrogens with zero attached hydrogens (tertiary/aromatic N) is 1. The molecule has 1 aromatic heterocycles. The summed E-state index contributed by atoms with van der Waals surface area (Å²) < 4.78 is 11.0. The van der Waals surface area contributed by atoms with E-state index in [9.17, 15) is 4.79 Å². The van der Waals surface area contributed by atoms with Crippen molar-refractivity contribution in [2.45, 2.75) is 6.04 Å². The largest absolute Gasteiger partial charge is 0.486 e. The summed E-state index contributed by atoms with van der Waals surface area (Å²) in [5.74, 6) is 1.21. The first-order valence-electron chi connectivity index (χ1n) is 7.51. The smallest absolute Gasteiger partial charge is 0.251 e. The zero-order valence-electron chi connectivity index (χ0n) is 13.2. The van der Waals surface area contributed by atoms with Crippen LogP contribution < -0.4 is 14.8 Å². The molecule has 2 aromatic rings. The van der Waals surface area contributed by atoms with Gasteiger partial charge >= 0.3 is 0 Å². The minimum atomic E-state index is -0.107. The first kappa shape index (κ1) is 15.8. The summed E-state index contributed by atoms with van der Waals surface area (Å²) in [6.45, 7) is 1.61. The highest BCUT2D eigenvalue weighted by Gasteiger charge is 2.18. The van der Waals surface area contributed by atoms with Crippen molar-refractivity contribution < 1.29 is 14.3 Å². The van der Waals surface area contributed by atoms with Crippen LogP contribution in [0.25, 0.3) is 0 Å². The van der Waals surface area contributed by atoms with Crippen molar-refractivity contribution in [3.63, 3.8) is 0 Å². The van der Waals surface area contributed by atoms with E-state index in [4.69, 9.17) is 9.47 Å². The Balaban J connectivity index is 1.67. The number of benzene rings is 1. The normalized spacial score (nSPS) is 14.6. The highest BCUT2D eigenvalue weighted by atomic mass is 32.1. The average molecular weight is 332 g/mol. The number of carbonyl (C=O) groups excluding carboxylic acids is 1. The third kappa shape index (κ3) is 3.65. The Hall–Kier alpha value is -2.05. The molecular weight excluding hydrogens is 312 g/mol. The van der Waals surface area contributed by atoms with Gasteiger partial charge in [-0.05, 0) is 54.7 Å². The minimum absolute atomic E-state index is 0.107. The van der Waals surface area contributed by atoms with Crippen molar-refractivity contribution in [3.8, 4) is 11.5 Å². The molecule has 0 radical (unpaired) electrons. The molecule has 0 unspecified atom stereocenters. The topological polar surface area (TPSA) is 50.8 Å². The van der Waals surface area contributed by atoms with E-state index in [0.29, 0.717) is 36.8 Å². The van der Waals surface area contributed by atoms with E-state index in [-0.39, 0.29) is 11.9 Å². The number of fused-ring (bicyclic) bond motifs is 1. The number of likely N-dealkylation sites (N-methyl/N-ethyl adjacent to an activating group) is 1. The molecule has 0 bridgehead atoms. The number of hydrogen-bond acceptors (Lipinski definition) is 5. The summed E-state index contributed by atoms with van der Waals surface area (Å²) in [6, 6.07) is 7.52. The number of thiophene rings is 1. The van der Waals surface area contributed by atoms with Crippen molar-refractivity contribution >= 4 is 17.2 Å². The molecular formula is C17H20N2O3S. The van der Waals surface area contributed by atoms with Gasteiger partial charge < -0.3 is 19.7 Å². The number of nitrogens with one attached hydrogen (secondary N) is 1. The van der Waals surface area contributed by atoms with Crippen LogP contribution >= 0.6 is 11.3 Å². The molecule has 5 nitrogen and oxygen atoms in total. The van der Waals surface area contributed by atoms with Crippen molar-refractivity contribution in [2.75, 3.05) is 33.9 Å². The molecule has 1 amide bonds. The van der Waals surface area contributed by atoms with Gasteiger partial charge in [0.15, 0.2) is 11.5 Å². The molecule has 1 aliphatic rings. The van der Waals surface area contributed by atoms with Crippen LogP contribution in [0.15, 0.2) is 35.0 Å². The van der Waals surface area contributed by atoms with Crippen molar-refractivity contribution in [1.29, 1.82) is 0 Å². The van der Waals surface area contributed by atoms with Crippen LogP contribution in [0.5, 0.6) is 11.5 Å². The predicted molar refractivity (Wildman–Crippen MR) is 90.5 cm³/mol. The standard InChI is InChI=1S/C17H20N2O3S/c1-19(2)14(13-5-8-23-11-13)10-18-17(20)12-3-4-15-16(9-12)22-7-6-21-15/h3-5,8-9,11,14H,6-7,10H2,1-2H3,(H,18,20)/t14-/m1/s1. The fourth-order valence-electron chi connectivity index (χ4n) is 2.54. The molecule has 1 aliphatic heterocycles. The Labute approximate surface area is 139 Å². The molecule has 0 fully saturated rings. The van der Waals surface area contributed by atoms with E-state index in [2.05, 4.69) is 27.0 Å². The van der Waals surface area contributed by atoms with Crippen LogP contribution in [-0.2, 0) is 0 Å².